The molecule has 0 fully saturated rings. The molecule has 9 heteroatoms. The Labute approximate surface area is 144 Å². The van der Waals surface area contributed by atoms with E-state index in [0.29, 0.717) is 17.1 Å². The summed E-state index contributed by atoms with van der Waals surface area (Å²) in [6.45, 7) is 2.66. The lowest BCUT2D eigenvalue weighted by molar-refractivity contribution is -0.484. The Hall–Kier alpha value is -2.84. The number of nitrogens with zero attached hydrogens (tertiary/aromatic N) is 1. The third-order valence-electron chi connectivity index (χ3n) is 3.65. The molecule has 0 amide bonds. The lowest BCUT2D eigenvalue weighted by atomic mass is 9.85. The predicted octanol–water partition coefficient (Wildman–Crippen LogP) is 1.52. The summed E-state index contributed by atoms with van der Waals surface area (Å²) in [7, 11) is 0. The van der Waals surface area contributed by atoms with Crippen LogP contribution < -0.4 is 9.47 Å². The molecule has 0 saturated carbocycles. The highest BCUT2D eigenvalue weighted by Crippen LogP contribution is 2.37. The van der Waals surface area contributed by atoms with E-state index in [0.717, 1.165) is 0 Å². The van der Waals surface area contributed by atoms with Gasteiger partial charge >= 0.3 is 11.9 Å². The summed E-state index contributed by atoms with van der Waals surface area (Å²) >= 11 is 0. The van der Waals surface area contributed by atoms with Crippen LogP contribution in [-0.2, 0) is 19.1 Å². The molecule has 1 aromatic rings. The van der Waals surface area contributed by atoms with Crippen molar-refractivity contribution in [2.45, 2.75) is 19.8 Å². The Morgan fingerprint density at radius 1 is 1.16 bits per heavy atom. The van der Waals surface area contributed by atoms with Gasteiger partial charge in [-0.05, 0) is 31.5 Å². The Balaban J connectivity index is 2.42. The first kappa shape index (κ1) is 18.5. The van der Waals surface area contributed by atoms with Gasteiger partial charge in [-0.1, -0.05) is 6.07 Å². The van der Waals surface area contributed by atoms with Gasteiger partial charge in [0.1, 0.15) is 0 Å². The fourth-order valence-electron chi connectivity index (χ4n) is 2.60. The molecule has 0 aliphatic carbocycles. The Morgan fingerprint density at radius 3 is 2.32 bits per heavy atom. The van der Waals surface area contributed by atoms with Crippen LogP contribution >= 0.6 is 0 Å². The highest BCUT2D eigenvalue weighted by atomic mass is 16.7. The van der Waals surface area contributed by atoms with Crippen LogP contribution in [0, 0.1) is 16.0 Å². The summed E-state index contributed by atoms with van der Waals surface area (Å²) in [5.74, 6) is -3.31. The number of benzene rings is 1. The first-order valence-electron chi connectivity index (χ1n) is 7.82. The van der Waals surface area contributed by atoms with Crippen molar-refractivity contribution in [3.63, 3.8) is 0 Å². The molecule has 1 heterocycles. The third kappa shape index (κ3) is 4.37. The summed E-state index contributed by atoms with van der Waals surface area (Å²) in [6.07, 6.45) is 0. The standard InChI is InChI=1S/C16H19NO8/c1-3-22-15(18)14(16(19)23-4-2)11(8-17(20)21)10-5-6-12-13(7-10)25-9-24-12/h5-7,11,14H,3-4,8-9H2,1-2H3/t11-/m0/s1. The quantitative estimate of drug-likeness (QED) is 0.299. The second-order valence-electron chi connectivity index (χ2n) is 5.22. The molecule has 0 spiro atoms. The Kier molecular flexibility index (Phi) is 6.15. The van der Waals surface area contributed by atoms with E-state index in [4.69, 9.17) is 18.9 Å². The number of carbonyl (C=O) groups is 2. The van der Waals surface area contributed by atoms with E-state index < -0.39 is 35.2 Å². The van der Waals surface area contributed by atoms with E-state index in [1.165, 1.54) is 6.07 Å². The number of hydrogen-bond acceptors (Lipinski definition) is 8. The minimum Gasteiger partial charge on any atom is -0.465 e. The zero-order chi connectivity index (χ0) is 18.4. The monoisotopic (exact) mass is 353 g/mol. The summed E-state index contributed by atoms with van der Waals surface area (Å²) in [6, 6.07) is 4.67. The molecule has 0 N–H and O–H groups in total. The van der Waals surface area contributed by atoms with Gasteiger partial charge in [0, 0.05) is 4.92 Å². The molecule has 1 aliphatic heterocycles. The highest BCUT2D eigenvalue weighted by Gasteiger charge is 2.41. The van der Waals surface area contributed by atoms with Crippen molar-refractivity contribution < 1.29 is 33.5 Å². The number of carbonyl (C=O) groups excluding carboxylic acids is 2. The smallest absolute Gasteiger partial charge is 0.321 e. The van der Waals surface area contributed by atoms with E-state index in [-0.39, 0.29) is 20.0 Å². The van der Waals surface area contributed by atoms with Crippen molar-refractivity contribution in [1.29, 1.82) is 0 Å². The van der Waals surface area contributed by atoms with Crippen LogP contribution in [0.4, 0.5) is 0 Å². The topological polar surface area (TPSA) is 114 Å². The van der Waals surface area contributed by atoms with Crippen molar-refractivity contribution >= 4 is 11.9 Å². The zero-order valence-corrected chi connectivity index (χ0v) is 13.9. The van der Waals surface area contributed by atoms with Crippen LogP contribution in [0.15, 0.2) is 18.2 Å². The van der Waals surface area contributed by atoms with E-state index in [1.54, 1.807) is 26.0 Å². The molecule has 0 unspecified atom stereocenters. The second kappa shape index (κ2) is 8.32. The fourth-order valence-corrected chi connectivity index (χ4v) is 2.60. The molecule has 9 nitrogen and oxygen atoms in total. The largest absolute Gasteiger partial charge is 0.465 e. The normalized spacial score (nSPS) is 13.4. The summed E-state index contributed by atoms with van der Waals surface area (Å²) in [5.41, 5.74) is 0.395. The zero-order valence-electron chi connectivity index (χ0n) is 13.9. The van der Waals surface area contributed by atoms with E-state index in [9.17, 15) is 19.7 Å². The Bertz CT molecular complexity index is 642. The SMILES string of the molecule is CCOC(=O)C(C(=O)OCC)[C@@H](C[N+](=O)[O-])c1ccc2c(c1)OCO2. The first-order valence-corrected chi connectivity index (χ1v) is 7.82. The average molecular weight is 353 g/mol. The van der Waals surface area contributed by atoms with Crippen LogP contribution in [0.5, 0.6) is 11.5 Å². The van der Waals surface area contributed by atoms with Gasteiger partial charge in [0.05, 0.1) is 19.1 Å². The molecular formula is C16H19NO8. The van der Waals surface area contributed by atoms with Gasteiger partial charge in [0.2, 0.25) is 13.3 Å². The molecule has 0 saturated heterocycles. The lowest BCUT2D eigenvalue weighted by Gasteiger charge is -2.22. The summed E-state index contributed by atoms with van der Waals surface area (Å²) < 4.78 is 20.3. The molecule has 1 atom stereocenters. The fraction of sp³-hybridized carbons (Fsp3) is 0.500. The molecule has 0 radical (unpaired) electrons. The molecule has 0 aromatic heterocycles. The van der Waals surface area contributed by atoms with E-state index in [2.05, 4.69) is 0 Å². The minimum absolute atomic E-state index is 0.0396. The van der Waals surface area contributed by atoms with Gasteiger partial charge < -0.3 is 18.9 Å². The van der Waals surface area contributed by atoms with Crippen LogP contribution in [0.2, 0.25) is 0 Å². The van der Waals surface area contributed by atoms with Crippen LogP contribution in [0.3, 0.4) is 0 Å². The maximum absolute atomic E-state index is 12.3. The molecule has 1 aliphatic rings. The van der Waals surface area contributed by atoms with Crippen LogP contribution in [-0.4, -0.2) is 43.4 Å². The van der Waals surface area contributed by atoms with Crippen molar-refractivity contribution in [3.8, 4) is 11.5 Å². The maximum atomic E-state index is 12.3. The number of esters is 2. The van der Waals surface area contributed by atoms with Crippen molar-refractivity contribution in [2.75, 3.05) is 26.6 Å². The van der Waals surface area contributed by atoms with Gasteiger partial charge in [-0.2, -0.15) is 0 Å². The van der Waals surface area contributed by atoms with Crippen molar-refractivity contribution in [3.05, 3.63) is 33.9 Å². The predicted molar refractivity (Wildman–Crippen MR) is 83.9 cm³/mol. The Morgan fingerprint density at radius 2 is 1.76 bits per heavy atom. The number of ether oxygens (including phenoxy) is 4. The van der Waals surface area contributed by atoms with Gasteiger partial charge in [-0.25, -0.2) is 0 Å². The van der Waals surface area contributed by atoms with Gasteiger partial charge in [0.25, 0.3) is 0 Å². The second-order valence-corrected chi connectivity index (χ2v) is 5.22. The molecular weight excluding hydrogens is 334 g/mol. The average Bonchev–Trinajstić information content (AvgIpc) is 3.02. The van der Waals surface area contributed by atoms with Crippen LogP contribution in [0.25, 0.3) is 0 Å². The molecule has 1 aromatic carbocycles. The number of nitro groups is 1. The summed E-state index contributed by atoms with van der Waals surface area (Å²) in [5, 5.41) is 11.1. The molecule has 0 bridgehead atoms. The molecule has 25 heavy (non-hydrogen) atoms. The number of hydrogen-bond donors (Lipinski definition) is 0. The highest BCUT2D eigenvalue weighted by molar-refractivity contribution is 5.96. The maximum Gasteiger partial charge on any atom is 0.321 e. The number of rotatable bonds is 8. The summed E-state index contributed by atoms with van der Waals surface area (Å²) in [4.78, 5) is 35.1. The van der Waals surface area contributed by atoms with Crippen molar-refractivity contribution in [1.82, 2.24) is 0 Å². The van der Waals surface area contributed by atoms with Gasteiger partial charge in [-0.15, -0.1) is 0 Å². The first-order chi connectivity index (χ1) is 12.0. The van der Waals surface area contributed by atoms with Crippen molar-refractivity contribution in [2.24, 2.45) is 5.92 Å². The minimum atomic E-state index is -1.44. The third-order valence-corrected chi connectivity index (χ3v) is 3.65. The molecule has 2 rings (SSSR count). The lowest BCUT2D eigenvalue weighted by Crippen LogP contribution is -2.36. The van der Waals surface area contributed by atoms with Gasteiger partial charge in [0.15, 0.2) is 17.4 Å². The molecule has 136 valence electrons. The van der Waals surface area contributed by atoms with E-state index >= 15 is 0 Å². The van der Waals surface area contributed by atoms with E-state index in [1.807, 2.05) is 0 Å². The van der Waals surface area contributed by atoms with Crippen LogP contribution in [0.1, 0.15) is 25.3 Å². The van der Waals surface area contributed by atoms with Gasteiger partial charge in [-0.3, -0.25) is 19.7 Å². The number of fused-ring (bicyclic) bond motifs is 1.